The first kappa shape index (κ1) is 17.1. The van der Waals surface area contributed by atoms with Crippen molar-refractivity contribution in [2.24, 2.45) is 5.73 Å². The van der Waals surface area contributed by atoms with E-state index in [-0.39, 0.29) is 11.9 Å². The molecule has 1 aliphatic heterocycles. The SMILES string of the molecule is Cc1ncc(CN2CCN(C(=O)CC(N)c3ccccc3)CC2)s1. The van der Waals surface area contributed by atoms with Crippen LogP contribution in [0.15, 0.2) is 36.5 Å². The zero-order valence-electron chi connectivity index (χ0n) is 14.0. The number of carbonyl (C=O) groups excluding carboxylic acids is 1. The second-order valence-corrected chi connectivity index (χ2v) is 7.54. The molecule has 2 N–H and O–H groups in total. The Bertz CT molecular complexity index is 665. The van der Waals surface area contributed by atoms with E-state index in [2.05, 4.69) is 9.88 Å². The van der Waals surface area contributed by atoms with Crippen LogP contribution in [0.2, 0.25) is 0 Å². The van der Waals surface area contributed by atoms with Gasteiger partial charge in [0.1, 0.15) is 0 Å². The quantitative estimate of drug-likeness (QED) is 0.903. The minimum absolute atomic E-state index is 0.152. The monoisotopic (exact) mass is 344 g/mol. The maximum Gasteiger partial charge on any atom is 0.224 e. The van der Waals surface area contributed by atoms with Crippen molar-refractivity contribution >= 4 is 17.2 Å². The van der Waals surface area contributed by atoms with Crippen molar-refractivity contribution in [1.82, 2.24) is 14.8 Å². The van der Waals surface area contributed by atoms with E-state index in [0.717, 1.165) is 43.3 Å². The smallest absolute Gasteiger partial charge is 0.224 e. The number of nitrogens with zero attached hydrogens (tertiary/aromatic N) is 3. The standard InChI is InChI=1S/C18H24N4OS/c1-14-20-12-16(24-14)13-21-7-9-22(10-8-21)18(23)11-17(19)15-5-3-2-4-6-15/h2-6,12,17H,7-11,13,19H2,1H3. The molecule has 0 spiro atoms. The van der Waals surface area contributed by atoms with Crippen LogP contribution in [0.5, 0.6) is 0 Å². The highest BCUT2D eigenvalue weighted by molar-refractivity contribution is 7.11. The van der Waals surface area contributed by atoms with Gasteiger partial charge in [-0.25, -0.2) is 4.98 Å². The van der Waals surface area contributed by atoms with Crippen LogP contribution in [0.1, 0.15) is 27.9 Å². The molecule has 2 heterocycles. The summed E-state index contributed by atoms with van der Waals surface area (Å²) in [6, 6.07) is 9.61. The molecule has 1 amide bonds. The van der Waals surface area contributed by atoms with Gasteiger partial charge >= 0.3 is 0 Å². The normalized spacial score (nSPS) is 17.0. The first-order valence-electron chi connectivity index (χ1n) is 8.34. The van der Waals surface area contributed by atoms with Crippen molar-refractivity contribution in [2.75, 3.05) is 26.2 Å². The van der Waals surface area contributed by atoms with Gasteiger partial charge in [-0.3, -0.25) is 9.69 Å². The van der Waals surface area contributed by atoms with Crippen LogP contribution >= 0.6 is 11.3 Å². The summed E-state index contributed by atoms with van der Waals surface area (Å²) < 4.78 is 0. The Labute approximate surface area is 147 Å². The third kappa shape index (κ3) is 4.41. The lowest BCUT2D eigenvalue weighted by Gasteiger charge is -2.35. The fourth-order valence-corrected chi connectivity index (χ4v) is 3.83. The molecule has 2 aromatic rings. The molecule has 1 fully saturated rings. The third-order valence-corrected chi connectivity index (χ3v) is 5.29. The summed E-state index contributed by atoms with van der Waals surface area (Å²) in [4.78, 5) is 22.4. The summed E-state index contributed by atoms with van der Waals surface area (Å²) in [5.41, 5.74) is 7.19. The summed E-state index contributed by atoms with van der Waals surface area (Å²) in [5, 5.41) is 1.11. The number of hydrogen-bond donors (Lipinski definition) is 1. The van der Waals surface area contributed by atoms with Gasteiger partial charge in [-0.2, -0.15) is 0 Å². The summed E-state index contributed by atoms with van der Waals surface area (Å²) in [6.07, 6.45) is 2.33. The van der Waals surface area contributed by atoms with E-state index in [4.69, 9.17) is 5.73 Å². The molecule has 0 aliphatic carbocycles. The van der Waals surface area contributed by atoms with Crippen LogP contribution < -0.4 is 5.73 Å². The van der Waals surface area contributed by atoms with Crippen LogP contribution in [0.25, 0.3) is 0 Å². The average molecular weight is 344 g/mol. The zero-order chi connectivity index (χ0) is 16.9. The fraction of sp³-hybridized carbons (Fsp3) is 0.444. The fourth-order valence-electron chi connectivity index (χ4n) is 2.99. The van der Waals surface area contributed by atoms with Crippen molar-refractivity contribution in [3.8, 4) is 0 Å². The predicted molar refractivity (Wildman–Crippen MR) is 96.7 cm³/mol. The average Bonchev–Trinajstić information content (AvgIpc) is 3.01. The molecule has 1 atom stereocenters. The molecular weight excluding hydrogens is 320 g/mol. The van der Waals surface area contributed by atoms with Crippen molar-refractivity contribution in [3.63, 3.8) is 0 Å². The van der Waals surface area contributed by atoms with Gasteiger partial charge in [0.05, 0.1) is 5.01 Å². The lowest BCUT2D eigenvalue weighted by molar-refractivity contribution is -0.133. The highest BCUT2D eigenvalue weighted by Gasteiger charge is 2.23. The van der Waals surface area contributed by atoms with E-state index in [0.29, 0.717) is 6.42 Å². The Kier molecular flexibility index (Phi) is 5.60. The van der Waals surface area contributed by atoms with Gasteiger partial charge < -0.3 is 10.6 Å². The number of aromatic nitrogens is 1. The van der Waals surface area contributed by atoms with Crippen LogP contribution in [0.3, 0.4) is 0 Å². The number of nitrogens with two attached hydrogens (primary N) is 1. The molecule has 1 aromatic carbocycles. The van der Waals surface area contributed by atoms with E-state index in [1.807, 2.05) is 48.4 Å². The van der Waals surface area contributed by atoms with E-state index >= 15 is 0 Å². The Morgan fingerprint density at radius 2 is 1.96 bits per heavy atom. The molecule has 1 saturated heterocycles. The predicted octanol–water partition coefficient (Wildman–Crippen LogP) is 2.19. The summed E-state index contributed by atoms with van der Waals surface area (Å²) >= 11 is 1.74. The molecule has 128 valence electrons. The number of rotatable bonds is 5. The molecule has 5 nitrogen and oxygen atoms in total. The Hall–Kier alpha value is -1.76. The van der Waals surface area contributed by atoms with E-state index in [1.165, 1.54) is 4.88 Å². The highest BCUT2D eigenvalue weighted by atomic mass is 32.1. The maximum absolute atomic E-state index is 12.5. The first-order chi connectivity index (χ1) is 11.6. The Morgan fingerprint density at radius 3 is 2.58 bits per heavy atom. The molecule has 1 aromatic heterocycles. The topological polar surface area (TPSA) is 62.5 Å². The van der Waals surface area contributed by atoms with Crippen LogP contribution in [0.4, 0.5) is 0 Å². The molecule has 0 saturated carbocycles. The summed E-state index contributed by atoms with van der Waals surface area (Å²) in [6.45, 7) is 6.32. The minimum Gasteiger partial charge on any atom is -0.340 e. The van der Waals surface area contributed by atoms with Gasteiger partial charge in [0.2, 0.25) is 5.91 Å². The second kappa shape index (κ2) is 7.88. The maximum atomic E-state index is 12.5. The number of aryl methyl sites for hydroxylation is 1. The van der Waals surface area contributed by atoms with Crippen molar-refractivity contribution < 1.29 is 4.79 Å². The molecule has 1 aliphatic rings. The van der Waals surface area contributed by atoms with Gasteiger partial charge in [0, 0.05) is 56.3 Å². The van der Waals surface area contributed by atoms with E-state index in [1.54, 1.807) is 11.3 Å². The van der Waals surface area contributed by atoms with Crippen LogP contribution in [0, 0.1) is 6.92 Å². The van der Waals surface area contributed by atoms with Crippen molar-refractivity contribution in [1.29, 1.82) is 0 Å². The number of hydrogen-bond acceptors (Lipinski definition) is 5. The zero-order valence-corrected chi connectivity index (χ0v) is 14.8. The summed E-state index contributed by atoms with van der Waals surface area (Å²) in [7, 11) is 0. The van der Waals surface area contributed by atoms with Gasteiger partial charge in [0.15, 0.2) is 0 Å². The van der Waals surface area contributed by atoms with Gasteiger partial charge in [-0.05, 0) is 12.5 Å². The van der Waals surface area contributed by atoms with Crippen molar-refractivity contribution in [2.45, 2.75) is 25.9 Å². The molecule has 0 radical (unpaired) electrons. The third-order valence-electron chi connectivity index (χ3n) is 4.40. The lowest BCUT2D eigenvalue weighted by Crippen LogP contribution is -2.48. The van der Waals surface area contributed by atoms with Crippen molar-refractivity contribution in [3.05, 3.63) is 52.0 Å². The summed E-state index contributed by atoms with van der Waals surface area (Å²) in [5.74, 6) is 0.152. The Balaban J connectivity index is 1.46. The number of piperazine rings is 1. The molecule has 3 rings (SSSR count). The second-order valence-electron chi connectivity index (χ2n) is 6.22. The highest BCUT2D eigenvalue weighted by Crippen LogP contribution is 2.18. The number of benzene rings is 1. The number of thiazole rings is 1. The molecule has 24 heavy (non-hydrogen) atoms. The van der Waals surface area contributed by atoms with Crippen LogP contribution in [-0.4, -0.2) is 46.9 Å². The van der Waals surface area contributed by atoms with E-state index < -0.39 is 0 Å². The first-order valence-corrected chi connectivity index (χ1v) is 9.15. The Morgan fingerprint density at radius 1 is 1.25 bits per heavy atom. The largest absolute Gasteiger partial charge is 0.340 e. The number of amides is 1. The molecule has 0 bridgehead atoms. The van der Waals surface area contributed by atoms with Gasteiger partial charge in [-0.15, -0.1) is 11.3 Å². The molecule has 6 heteroatoms. The molecule has 1 unspecified atom stereocenters. The van der Waals surface area contributed by atoms with Crippen LogP contribution in [-0.2, 0) is 11.3 Å². The lowest BCUT2D eigenvalue weighted by atomic mass is 10.0. The molecular formula is C18H24N4OS. The van der Waals surface area contributed by atoms with Gasteiger partial charge in [0.25, 0.3) is 0 Å². The number of carbonyl (C=O) groups is 1. The van der Waals surface area contributed by atoms with E-state index in [9.17, 15) is 4.79 Å². The minimum atomic E-state index is -0.225. The van der Waals surface area contributed by atoms with Gasteiger partial charge in [-0.1, -0.05) is 30.3 Å².